The van der Waals surface area contributed by atoms with Gasteiger partial charge in [-0.05, 0) is 42.3 Å². The summed E-state index contributed by atoms with van der Waals surface area (Å²) in [7, 11) is -1.63. The van der Waals surface area contributed by atoms with E-state index < -0.39 is 15.7 Å². The van der Waals surface area contributed by atoms with Crippen LogP contribution in [0.1, 0.15) is 22.4 Å². The molecule has 3 rings (SSSR count). The number of aliphatic imine (C=N–C) groups is 1. The molecule has 0 aliphatic heterocycles. The fourth-order valence-corrected chi connectivity index (χ4v) is 3.82. The highest BCUT2D eigenvalue weighted by Gasteiger charge is 2.12. The standard InChI is InChI=1S/C22H25FN4O3S/c1-15-4-6-16(7-5-15)21-27-20(13-30-21)12-26-22(24-2)25-11-18-10-19(23)9-8-17(18)14-31(3,28)29/h4-10,13H,11-12,14H2,1-3H3,(H2,24,25,26). The van der Waals surface area contributed by atoms with Crippen LogP contribution in [0, 0.1) is 12.7 Å². The first-order valence-corrected chi connectivity index (χ1v) is 11.7. The number of sulfone groups is 1. The van der Waals surface area contributed by atoms with Gasteiger partial charge in [-0.2, -0.15) is 0 Å². The molecule has 0 radical (unpaired) electrons. The van der Waals surface area contributed by atoms with Crippen molar-refractivity contribution >= 4 is 15.8 Å². The number of hydrogen-bond donors (Lipinski definition) is 2. The van der Waals surface area contributed by atoms with Gasteiger partial charge in [0.15, 0.2) is 15.8 Å². The topological polar surface area (TPSA) is 96.6 Å². The van der Waals surface area contributed by atoms with Gasteiger partial charge >= 0.3 is 0 Å². The second-order valence-electron chi connectivity index (χ2n) is 7.27. The molecule has 0 bridgehead atoms. The van der Waals surface area contributed by atoms with Gasteiger partial charge < -0.3 is 15.1 Å². The van der Waals surface area contributed by atoms with Crippen molar-refractivity contribution in [2.24, 2.45) is 4.99 Å². The Morgan fingerprint density at radius 1 is 1.10 bits per heavy atom. The number of halogens is 1. The molecule has 3 aromatic rings. The van der Waals surface area contributed by atoms with Gasteiger partial charge in [-0.15, -0.1) is 0 Å². The van der Waals surface area contributed by atoms with Gasteiger partial charge in [0.1, 0.15) is 12.1 Å². The van der Waals surface area contributed by atoms with Gasteiger partial charge in [0, 0.05) is 25.4 Å². The summed E-state index contributed by atoms with van der Waals surface area (Å²) in [5.74, 6) is 0.416. The van der Waals surface area contributed by atoms with Crippen LogP contribution < -0.4 is 10.6 Å². The van der Waals surface area contributed by atoms with E-state index in [-0.39, 0.29) is 12.3 Å². The molecule has 9 heteroatoms. The Bertz CT molecular complexity index is 1170. The molecule has 0 saturated carbocycles. The average molecular weight is 445 g/mol. The highest BCUT2D eigenvalue weighted by molar-refractivity contribution is 7.89. The molecule has 0 fully saturated rings. The summed E-state index contributed by atoms with van der Waals surface area (Å²) in [5.41, 5.74) is 3.85. The highest BCUT2D eigenvalue weighted by Crippen LogP contribution is 2.19. The van der Waals surface area contributed by atoms with Crippen molar-refractivity contribution in [3.8, 4) is 11.5 Å². The fraction of sp³-hybridized carbons (Fsp3) is 0.273. The molecule has 0 aliphatic carbocycles. The van der Waals surface area contributed by atoms with Crippen LogP contribution in [0.4, 0.5) is 4.39 Å². The first-order chi connectivity index (χ1) is 14.7. The normalized spacial score (nSPS) is 12.1. The Balaban J connectivity index is 1.61. The third kappa shape index (κ3) is 6.65. The highest BCUT2D eigenvalue weighted by atomic mass is 32.2. The minimum atomic E-state index is -3.24. The number of guanidine groups is 1. The van der Waals surface area contributed by atoms with Gasteiger partial charge in [-0.1, -0.05) is 23.8 Å². The molecule has 0 unspecified atom stereocenters. The molecule has 31 heavy (non-hydrogen) atoms. The maximum Gasteiger partial charge on any atom is 0.226 e. The number of nitrogens with zero attached hydrogens (tertiary/aromatic N) is 2. The Hall–Kier alpha value is -3.20. The molecule has 164 valence electrons. The Labute approximate surface area is 181 Å². The maximum absolute atomic E-state index is 13.7. The van der Waals surface area contributed by atoms with Crippen LogP contribution in [0.15, 0.2) is 58.1 Å². The van der Waals surface area contributed by atoms with Gasteiger partial charge in [0.2, 0.25) is 5.89 Å². The number of oxazole rings is 1. The van der Waals surface area contributed by atoms with Crippen LogP contribution in [0.25, 0.3) is 11.5 Å². The molecule has 0 spiro atoms. The first kappa shape index (κ1) is 22.5. The second kappa shape index (κ2) is 9.74. The van der Waals surface area contributed by atoms with Crippen molar-refractivity contribution in [1.29, 1.82) is 0 Å². The van der Waals surface area contributed by atoms with Crippen molar-refractivity contribution in [1.82, 2.24) is 15.6 Å². The smallest absolute Gasteiger partial charge is 0.226 e. The van der Waals surface area contributed by atoms with Crippen LogP contribution in [0.2, 0.25) is 0 Å². The van der Waals surface area contributed by atoms with E-state index in [4.69, 9.17) is 4.42 Å². The minimum Gasteiger partial charge on any atom is -0.444 e. The van der Waals surface area contributed by atoms with Crippen LogP contribution in [0.3, 0.4) is 0 Å². The van der Waals surface area contributed by atoms with Crippen molar-refractivity contribution in [3.05, 3.63) is 76.9 Å². The Morgan fingerprint density at radius 2 is 1.81 bits per heavy atom. The minimum absolute atomic E-state index is 0.156. The molecule has 2 N–H and O–H groups in total. The van der Waals surface area contributed by atoms with E-state index in [1.165, 1.54) is 18.2 Å². The van der Waals surface area contributed by atoms with Crippen molar-refractivity contribution in [2.75, 3.05) is 13.3 Å². The summed E-state index contributed by atoms with van der Waals surface area (Å²) >= 11 is 0. The Morgan fingerprint density at radius 3 is 2.48 bits per heavy atom. The molecule has 7 nitrogen and oxygen atoms in total. The molecule has 0 atom stereocenters. The lowest BCUT2D eigenvalue weighted by atomic mass is 10.1. The quantitative estimate of drug-likeness (QED) is 0.429. The van der Waals surface area contributed by atoms with E-state index in [0.29, 0.717) is 35.2 Å². The summed E-state index contributed by atoms with van der Waals surface area (Å²) in [4.78, 5) is 8.62. The zero-order valence-corrected chi connectivity index (χ0v) is 18.5. The van der Waals surface area contributed by atoms with Crippen LogP contribution in [-0.2, 0) is 28.7 Å². The summed E-state index contributed by atoms with van der Waals surface area (Å²) in [5, 5.41) is 6.19. The number of rotatable bonds is 7. The van der Waals surface area contributed by atoms with Crippen molar-refractivity contribution in [3.63, 3.8) is 0 Å². The predicted molar refractivity (Wildman–Crippen MR) is 119 cm³/mol. The van der Waals surface area contributed by atoms with Gasteiger partial charge in [-0.3, -0.25) is 4.99 Å². The van der Waals surface area contributed by atoms with Gasteiger partial charge in [0.25, 0.3) is 0 Å². The summed E-state index contributed by atoms with van der Waals surface area (Å²) in [6.07, 6.45) is 2.73. The van der Waals surface area contributed by atoms with Crippen LogP contribution >= 0.6 is 0 Å². The largest absolute Gasteiger partial charge is 0.444 e. The lowest BCUT2D eigenvalue weighted by Gasteiger charge is -2.13. The molecular formula is C22H25FN4O3S. The molecule has 1 heterocycles. The maximum atomic E-state index is 13.7. The third-order valence-corrected chi connectivity index (χ3v) is 5.38. The molecule has 0 aliphatic rings. The number of aromatic nitrogens is 1. The molecule has 0 amide bonds. The van der Waals surface area contributed by atoms with Crippen molar-refractivity contribution < 1.29 is 17.2 Å². The zero-order valence-electron chi connectivity index (χ0n) is 17.6. The first-order valence-electron chi connectivity index (χ1n) is 9.64. The van der Waals surface area contributed by atoms with Gasteiger partial charge in [0.05, 0.1) is 18.0 Å². The van der Waals surface area contributed by atoms with Gasteiger partial charge in [-0.25, -0.2) is 17.8 Å². The fourth-order valence-electron chi connectivity index (χ4n) is 2.97. The summed E-state index contributed by atoms with van der Waals surface area (Å²) < 4.78 is 42.5. The van der Waals surface area contributed by atoms with Crippen molar-refractivity contribution in [2.45, 2.75) is 25.8 Å². The van der Waals surface area contributed by atoms with E-state index in [0.717, 1.165) is 17.4 Å². The van der Waals surface area contributed by atoms with E-state index in [9.17, 15) is 12.8 Å². The predicted octanol–water partition coefficient (Wildman–Crippen LogP) is 3.20. The molecule has 1 aromatic heterocycles. The summed E-state index contributed by atoms with van der Waals surface area (Å²) in [6, 6.07) is 12.0. The zero-order chi connectivity index (χ0) is 22.4. The van der Waals surface area contributed by atoms with E-state index in [1.54, 1.807) is 13.3 Å². The van der Waals surface area contributed by atoms with E-state index >= 15 is 0 Å². The lowest BCUT2D eigenvalue weighted by molar-refractivity contribution is 0.572. The molecular weight excluding hydrogens is 419 g/mol. The summed E-state index contributed by atoms with van der Waals surface area (Å²) in [6.45, 7) is 2.60. The van der Waals surface area contributed by atoms with Crippen LogP contribution in [-0.4, -0.2) is 32.7 Å². The molecule has 0 saturated heterocycles. The Kier molecular flexibility index (Phi) is 7.06. The number of hydrogen-bond acceptors (Lipinski definition) is 5. The van der Waals surface area contributed by atoms with Crippen LogP contribution in [0.5, 0.6) is 0 Å². The second-order valence-corrected chi connectivity index (χ2v) is 9.41. The van der Waals surface area contributed by atoms with E-state index in [2.05, 4.69) is 20.6 Å². The number of benzene rings is 2. The average Bonchev–Trinajstić information content (AvgIpc) is 3.18. The number of aryl methyl sites for hydroxylation is 1. The molecule has 2 aromatic carbocycles. The SMILES string of the molecule is CN=C(NCc1coc(-c2ccc(C)cc2)n1)NCc1cc(F)ccc1CS(C)(=O)=O. The van der Waals surface area contributed by atoms with E-state index in [1.807, 2.05) is 31.2 Å². The number of nitrogens with one attached hydrogen (secondary N) is 2. The lowest BCUT2D eigenvalue weighted by Crippen LogP contribution is -2.36. The third-order valence-electron chi connectivity index (χ3n) is 4.54. The monoisotopic (exact) mass is 444 g/mol.